The van der Waals surface area contributed by atoms with E-state index in [-0.39, 0.29) is 24.2 Å². The molecule has 1 aromatic heterocycles. The van der Waals surface area contributed by atoms with Crippen LogP contribution in [0.2, 0.25) is 0 Å². The number of carbonyl (C=O) groups is 3. The second kappa shape index (κ2) is 11.1. The van der Waals surface area contributed by atoms with E-state index in [0.29, 0.717) is 25.3 Å². The van der Waals surface area contributed by atoms with Crippen LogP contribution in [0.1, 0.15) is 70.0 Å². The molecule has 2 amide bonds. The van der Waals surface area contributed by atoms with E-state index < -0.39 is 11.7 Å². The minimum Gasteiger partial charge on any atom is -0.444 e. The maximum Gasteiger partial charge on any atom is 0.407 e. The number of thiophene rings is 1. The number of amides is 2. The Balaban J connectivity index is 2.36. The predicted molar refractivity (Wildman–Crippen MR) is 108 cm³/mol. The van der Waals surface area contributed by atoms with Crippen LogP contribution >= 0.6 is 11.3 Å². The molecule has 6 nitrogen and oxygen atoms in total. The Hall–Kier alpha value is -1.89. The highest BCUT2D eigenvalue weighted by Gasteiger charge is 2.20. The van der Waals surface area contributed by atoms with Gasteiger partial charge in [-0.2, -0.15) is 0 Å². The maximum absolute atomic E-state index is 12.1. The van der Waals surface area contributed by atoms with Gasteiger partial charge in [0.1, 0.15) is 5.60 Å². The Morgan fingerprint density at radius 2 is 1.89 bits per heavy atom. The van der Waals surface area contributed by atoms with Crippen molar-refractivity contribution in [2.24, 2.45) is 5.92 Å². The standard InChI is InChI=1S/C20H32N2O4S/c1-14(2)12-15(22-19(25)26-20(3,4)5)13-21-18(24)10-6-8-16(23)17-9-7-11-27-17/h7,9,11,14-15H,6,8,10,12-13H2,1-5H3,(H,21,24)(H,22,25)/t15-/m0/s1. The molecule has 0 bridgehead atoms. The van der Waals surface area contributed by atoms with E-state index in [1.165, 1.54) is 11.3 Å². The quantitative estimate of drug-likeness (QED) is 0.582. The Bertz CT molecular complexity index is 606. The Morgan fingerprint density at radius 3 is 2.44 bits per heavy atom. The van der Waals surface area contributed by atoms with Crippen LogP contribution in [0.25, 0.3) is 0 Å². The predicted octanol–water partition coefficient (Wildman–Crippen LogP) is 4.16. The molecule has 0 aliphatic carbocycles. The van der Waals surface area contributed by atoms with Gasteiger partial charge in [0.15, 0.2) is 5.78 Å². The first kappa shape index (κ1) is 23.1. The summed E-state index contributed by atoms with van der Waals surface area (Å²) >= 11 is 1.42. The van der Waals surface area contributed by atoms with Gasteiger partial charge in [-0.25, -0.2) is 4.79 Å². The van der Waals surface area contributed by atoms with Crippen molar-refractivity contribution in [2.45, 2.75) is 71.9 Å². The fourth-order valence-electron chi connectivity index (χ4n) is 2.53. The molecule has 0 aromatic carbocycles. The van der Waals surface area contributed by atoms with Crippen molar-refractivity contribution in [2.75, 3.05) is 6.54 Å². The SMILES string of the molecule is CC(C)C[C@@H](CNC(=O)CCCC(=O)c1cccs1)NC(=O)OC(C)(C)C. The first-order valence-corrected chi connectivity index (χ1v) is 10.3. The van der Waals surface area contributed by atoms with E-state index in [0.717, 1.165) is 11.3 Å². The summed E-state index contributed by atoms with van der Waals surface area (Å²) < 4.78 is 5.28. The maximum atomic E-state index is 12.1. The van der Waals surface area contributed by atoms with Crippen molar-refractivity contribution in [1.29, 1.82) is 0 Å². The number of nitrogens with one attached hydrogen (secondary N) is 2. The highest BCUT2D eigenvalue weighted by Crippen LogP contribution is 2.13. The van der Waals surface area contributed by atoms with Gasteiger partial charge < -0.3 is 15.4 Å². The van der Waals surface area contributed by atoms with Gasteiger partial charge in [-0.15, -0.1) is 11.3 Å². The van der Waals surface area contributed by atoms with E-state index >= 15 is 0 Å². The van der Waals surface area contributed by atoms with Crippen LogP contribution < -0.4 is 10.6 Å². The molecule has 0 saturated heterocycles. The fourth-order valence-corrected chi connectivity index (χ4v) is 3.23. The minimum atomic E-state index is -0.565. The summed E-state index contributed by atoms with van der Waals surface area (Å²) in [6.45, 7) is 9.88. The van der Waals surface area contributed by atoms with Gasteiger partial charge in [-0.1, -0.05) is 19.9 Å². The van der Waals surface area contributed by atoms with Gasteiger partial charge >= 0.3 is 6.09 Å². The Kier molecular flexibility index (Phi) is 9.49. The van der Waals surface area contributed by atoms with Crippen LogP contribution in [-0.4, -0.2) is 36.0 Å². The first-order chi connectivity index (χ1) is 12.6. The van der Waals surface area contributed by atoms with Crippen molar-refractivity contribution >= 4 is 29.1 Å². The van der Waals surface area contributed by atoms with E-state index in [2.05, 4.69) is 24.5 Å². The lowest BCUT2D eigenvalue weighted by atomic mass is 10.0. The number of Topliss-reactive ketones (excluding diaryl/α,β-unsaturated/α-hetero) is 1. The number of hydrogen-bond acceptors (Lipinski definition) is 5. The zero-order chi connectivity index (χ0) is 20.4. The summed E-state index contributed by atoms with van der Waals surface area (Å²) in [5.74, 6) is 0.320. The molecule has 152 valence electrons. The van der Waals surface area contributed by atoms with E-state index in [9.17, 15) is 14.4 Å². The molecule has 0 fully saturated rings. The van der Waals surface area contributed by atoms with E-state index in [1.54, 1.807) is 6.07 Å². The topological polar surface area (TPSA) is 84.5 Å². The van der Waals surface area contributed by atoms with Crippen molar-refractivity contribution < 1.29 is 19.1 Å². The second-order valence-corrected chi connectivity index (χ2v) is 8.98. The number of ether oxygens (including phenoxy) is 1. The summed E-state index contributed by atoms with van der Waals surface area (Å²) in [6, 6.07) is 3.44. The molecule has 1 heterocycles. The largest absolute Gasteiger partial charge is 0.444 e. The molecule has 0 saturated carbocycles. The monoisotopic (exact) mass is 396 g/mol. The second-order valence-electron chi connectivity index (χ2n) is 8.03. The number of carbonyl (C=O) groups excluding carboxylic acids is 3. The molecule has 0 aliphatic heterocycles. The van der Waals surface area contributed by atoms with Crippen LogP contribution in [0, 0.1) is 5.92 Å². The highest BCUT2D eigenvalue weighted by atomic mass is 32.1. The molecular weight excluding hydrogens is 364 g/mol. The third-order valence-electron chi connectivity index (χ3n) is 3.63. The highest BCUT2D eigenvalue weighted by molar-refractivity contribution is 7.12. The zero-order valence-corrected chi connectivity index (χ0v) is 17.8. The Labute approximate surface area is 166 Å². The zero-order valence-electron chi connectivity index (χ0n) is 17.0. The third kappa shape index (κ3) is 10.8. The van der Waals surface area contributed by atoms with Crippen LogP contribution in [0.5, 0.6) is 0 Å². The lowest BCUT2D eigenvalue weighted by Gasteiger charge is -2.25. The summed E-state index contributed by atoms with van der Waals surface area (Å²) in [5.41, 5.74) is -0.565. The number of rotatable bonds is 10. The van der Waals surface area contributed by atoms with Crippen molar-refractivity contribution in [3.63, 3.8) is 0 Å². The molecule has 1 aromatic rings. The van der Waals surface area contributed by atoms with E-state index in [4.69, 9.17) is 4.74 Å². The first-order valence-electron chi connectivity index (χ1n) is 9.39. The molecule has 0 spiro atoms. The van der Waals surface area contributed by atoms with Gasteiger partial charge in [0.25, 0.3) is 0 Å². The molecule has 7 heteroatoms. The number of ketones is 1. The molecule has 0 radical (unpaired) electrons. The third-order valence-corrected chi connectivity index (χ3v) is 4.54. The van der Waals surface area contributed by atoms with Crippen LogP contribution in [-0.2, 0) is 9.53 Å². The lowest BCUT2D eigenvalue weighted by Crippen LogP contribution is -2.46. The molecule has 0 aliphatic rings. The summed E-state index contributed by atoms with van der Waals surface area (Å²) in [6.07, 6.45) is 1.41. The number of alkyl carbamates (subject to hydrolysis) is 1. The minimum absolute atomic E-state index is 0.0714. The number of hydrogen-bond donors (Lipinski definition) is 2. The van der Waals surface area contributed by atoms with Crippen LogP contribution in [0.3, 0.4) is 0 Å². The normalized spacial score (nSPS) is 12.5. The van der Waals surface area contributed by atoms with Gasteiger partial charge in [0.2, 0.25) is 5.91 Å². The van der Waals surface area contributed by atoms with Gasteiger partial charge in [0, 0.05) is 25.4 Å². The van der Waals surface area contributed by atoms with Gasteiger partial charge in [-0.05, 0) is 51.0 Å². The van der Waals surface area contributed by atoms with Crippen LogP contribution in [0.4, 0.5) is 4.79 Å². The fraction of sp³-hybridized carbons (Fsp3) is 0.650. The van der Waals surface area contributed by atoms with Gasteiger partial charge in [-0.3, -0.25) is 9.59 Å². The van der Waals surface area contributed by atoms with Crippen LogP contribution in [0.15, 0.2) is 17.5 Å². The molecule has 0 unspecified atom stereocenters. The van der Waals surface area contributed by atoms with Crippen molar-refractivity contribution in [1.82, 2.24) is 10.6 Å². The van der Waals surface area contributed by atoms with Gasteiger partial charge in [0.05, 0.1) is 4.88 Å². The lowest BCUT2D eigenvalue weighted by molar-refractivity contribution is -0.121. The molecule has 1 atom stereocenters. The van der Waals surface area contributed by atoms with Crippen molar-refractivity contribution in [3.05, 3.63) is 22.4 Å². The van der Waals surface area contributed by atoms with E-state index in [1.807, 2.05) is 32.2 Å². The smallest absolute Gasteiger partial charge is 0.407 e. The summed E-state index contributed by atoms with van der Waals surface area (Å²) in [4.78, 5) is 36.7. The molecule has 1 rings (SSSR count). The van der Waals surface area contributed by atoms with Crippen molar-refractivity contribution in [3.8, 4) is 0 Å². The summed E-state index contributed by atoms with van der Waals surface area (Å²) in [5, 5.41) is 7.54. The summed E-state index contributed by atoms with van der Waals surface area (Å²) in [7, 11) is 0. The average molecular weight is 397 g/mol. The molecule has 27 heavy (non-hydrogen) atoms. The Morgan fingerprint density at radius 1 is 1.19 bits per heavy atom. The average Bonchev–Trinajstić information content (AvgIpc) is 3.04. The molecule has 2 N–H and O–H groups in total. The molecular formula is C20H32N2O4S.